The van der Waals surface area contributed by atoms with Crippen molar-refractivity contribution in [2.24, 2.45) is 5.41 Å². The highest BCUT2D eigenvalue weighted by atomic mass is 16.2. The van der Waals surface area contributed by atoms with Gasteiger partial charge in [0, 0.05) is 31.6 Å². The van der Waals surface area contributed by atoms with Gasteiger partial charge in [-0.3, -0.25) is 4.79 Å². The molecule has 1 heterocycles. The number of carbonyl (C=O) groups is 1. The number of amides is 1. The third-order valence-corrected chi connectivity index (χ3v) is 3.07. The molecule has 2 rings (SSSR count). The Morgan fingerprint density at radius 2 is 2.07 bits per heavy atom. The Hall–Kier alpha value is -0.570. The number of nitrogens with zero attached hydrogens (tertiary/aromatic N) is 1. The van der Waals surface area contributed by atoms with E-state index in [4.69, 9.17) is 0 Å². The average molecular weight is 210 g/mol. The van der Waals surface area contributed by atoms with E-state index in [1.54, 1.807) is 0 Å². The molecule has 3 nitrogen and oxygen atoms in total. The summed E-state index contributed by atoms with van der Waals surface area (Å²) in [6.45, 7) is 8.57. The maximum atomic E-state index is 11.7. The standard InChI is InChI=1S/C12H22N2O/c1-12(2,3)8-13-9-6-11(15)14(7-9)10-4-5-10/h9-10,13H,4-8H2,1-3H3. The van der Waals surface area contributed by atoms with Gasteiger partial charge in [-0.05, 0) is 18.3 Å². The number of hydrogen-bond donors (Lipinski definition) is 1. The SMILES string of the molecule is CC(C)(C)CNC1CC(=O)N(C2CC2)C1. The van der Waals surface area contributed by atoms with Crippen molar-refractivity contribution in [3.05, 3.63) is 0 Å². The average Bonchev–Trinajstić information content (AvgIpc) is 2.87. The van der Waals surface area contributed by atoms with Gasteiger partial charge in [0.15, 0.2) is 0 Å². The third-order valence-electron chi connectivity index (χ3n) is 3.07. The van der Waals surface area contributed by atoms with Gasteiger partial charge in [0.1, 0.15) is 0 Å². The lowest BCUT2D eigenvalue weighted by Crippen LogP contribution is -2.38. The van der Waals surface area contributed by atoms with E-state index in [9.17, 15) is 4.79 Å². The van der Waals surface area contributed by atoms with Crippen LogP contribution < -0.4 is 5.32 Å². The Morgan fingerprint density at radius 3 is 2.60 bits per heavy atom. The Kier molecular flexibility index (Phi) is 2.75. The molecule has 1 N–H and O–H groups in total. The molecular weight excluding hydrogens is 188 g/mol. The highest BCUT2D eigenvalue weighted by Crippen LogP contribution is 2.30. The second-order valence-corrected chi connectivity index (χ2v) is 6.12. The van der Waals surface area contributed by atoms with Crippen LogP contribution in [0.3, 0.4) is 0 Å². The van der Waals surface area contributed by atoms with Crippen molar-refractivity contribution in [3.8, 4) is 0 Å². The van der Waals surface area contributed by atoms with E-state index < -0.39 is 0 Å². The van der Waals surface area contributed by atoms with Gasteiger partial charge in [0.25, 0.3) is 0 Å². The molecule has 0 radical (unpaired) electrons. The van der Waals surface area contributed by atoms with Crippen LogP contribution in [0.1, 0.15) is 40.0 Å². The summed E-state index contributed by atoms with van der Waals surface area (Å²) in [5.41, 5.74) is 0.302. The van der Waals surface area contributed by atoms with E-state index in [2.05, 4.69) is 31.0 Å². The molecule has 1 aliphatic carbocycles. The molecule has 1 amide bonds. The second-order valence-electron chi connectivity index (χ2n) is 6.12. The maximum absolute atomic E-state index is 11.7. The van der Waals surface area contributed by atoms with Crippen LogP contribution >= 0.6 is 0 Å². The zero-order valence-electron chi connectivity index (χ0n) is 10.0. The normalized spacial score (nSPS) is 27.5. The minimum absolute atomic E-state index is 0.302. The molecule has 0 spiro atoms. The lowest BCUT2D eigenvalue weighted by molar-refractivity contribution is -0.128. The van der Waals surface area contributed by atoms with Gasteiger partial charge < -0.3 is 10.2 Å². The van der Waals surface area contributed by atoms with Crippen molar-refractivity contribution in [1.29, 1.82) is 0 Å². The van der Waals surface area contributed by atoms with Crippen molar-refractivity contribution in [1.82, 2.24) is 10.2 Å². The summed E-state index contributed by atoms with van der Waals surface area (Å²) in [6, 6.07) is 0.969. The summed E-state index contributed by atoms with van der Waals surface area (Å²) in [6.07, 6.45) is 3.14. The molecule has 1 saturated heterocycles. The molecule has 1 atom stereocenters. The molecular formula is C12H22N2O. The summed E-state index contributed by atoms with van der Waals surface area (Å²) in [5.74, 6) is 0.351. The molecule has 0 aromatic carbocycles. The van der Waals surface area contributed by atoms with Crippen LogP contribution in [0.5, 0.6) is 0 Å². The number of carbonyl (C=O) groups excluding carboxylic acids is 1. The zero-order chi connectivity index (χ0) is 11.1. The van der Waals surface area contributed by atoms with Crippen molar-refractivity contribution in [2.75, 3.05) is 13.1 Å². The second kappa shape index (κ2) is 3.78. The molecule has 1 unspecified atom stereocenters. The van der Waals surface area contributed by atoms with Crippen LogP contribution in [-0.2, 0) is 4.79 Å². The fraction of sp³-hybridized carbons (Fsp3) is 0.917. The van der Waals surface area contributed by atoms with Gasteiger partial charge in [-0.25, -0.2) is 0 Å². The monoisotopic (exact) mass is 210 g/mol. The van der Waals surface area contributed by atoms with Crippen LogP contribution in [0.4, 0.5) is 0 Å². The van der Waals surface area contributed by atoms with E-state index in [0.29, 0.717) is 29.8 Å². The molecule has 2 aliphatic rings. The van der Waals surface area contributed by atoms with Crippen LogP contribution in [0.15, 0.2) is 0 Å². The number of rotatable bonds is 3. The molecule has 0 bridgehead atoms. The highest BCUT2D eigenvalue weighted by Gasteiger charge is 2.39. The molecule has 3 heteroatoms. The molecule has 2 fully saturated rings. The van der Waals surface area contributed by atoms with Crippen molar-refractivity contribution >= 4 is 5.91 Å². The molecule has 0 aromatic heterocycles. The highest BCUT2D eigenvalue weighted by molar-refractivity contribution is 5.80. The van der Waals surface area contributed by atoms with Gasteiger partial charge in [0.2, 0.25) is 5.91 Å². The minimum atomic E-state index is 0.302. The first-order valence-corrected chi connectivity index (χ1v) is 5.98. The first-order valence-electron chi connectivity index (χ1n) is 5.98. The third kappa shape index (κ3) is 2.94. The van der Waals surface area contributed by atoms with E-state index in [-0.39, 0.29) is 0 Å². The van der Waals surface area contributed by atoms with Crippen molar-refractivity contribution in [2.45, 2.75) is 52.1 Å². The fourth-order valence-corrected chi connectivity index (χ4v) is 2.06. The topological polar surface area (TPSA) is 32.3 Å². The van der Waals surface area contributed by atoms with Crippen LogP contribution in [0.25, 0.3) is 0 Å². The van der Waals surface area contributed by atoms with E-state index in [1.807, 2.05) is 0 Å². The predicted molar refractivity (Wildman–Crippen MR) is 60.6 cm³/mol. The van der Waals surface area contributed by atoms with Gasteiger partial charge >= 0.3 is 0 Å². The summed E-state index contributed by atoms with van der Waals surface area (Å²) < 4.78 is 0. The van der Waals surface area contributed by atoms with E-state index in [1.165, 1.54) is 12.8 Å². The van der Waals surface area contributed by atoms with Crippen LogP contribution in [0, 0.1) is 5.41 Å². The van der Waals surface area contributed by atoms with Crippen molar-refractivity contribution < 1.29 is 4.79 Å². The van der Waals surface area contributed by atoms with Gasteiger partial charge in [-0.2, -0.15) is 0 Å². The summed E-state index contributed by atoms with van der Waals surface area (Å²) in [7, 11) is 0. The Labute approximate surface area is 92.2 Å². The van der Waals surface area contributed by atoms with E-state index in [0.717, 1.165) is 13.1 Å². The first kappa shape index (κ1) is 10.9. The largest absolute Gasteiger partial charge is 0.338 e. The Balaban J connectivity index is 1.78. The van der Waals surface area contributed by atoms with Crippen LogP contribution in [-0.4, -0.2) is 36.0 Å². The smallest absolute Gasteiger partial charge is 0.224 e. The molecule has 1 aliphatic heterocycles. The van der Waals surface area contributed by atoms with Gasteiger partial charge in [-0.15, -0.1) is 0 Å². The number of nitrogens with one attached hydrogen (secondary N) is 1. The first-order chi connectivity index (χ1) is 6.96. The number of likely N-dealkylation sites (tertiary alicyclic amines) is 1. The van der Waals surface area contributed by atoms with Crippen molar-refractivity contribution in [3.63, 3.8) is 0 Å². The number of hydrogen-bond acceptors (Lipinski definition) is 2. The molecule has 15 heavy (non-hydrogen) atoms. The molecule has 1 saturated carbocycles. The van der Waals surface area contributed by atoms with Crippen LogP contribution in [0.2, 0.25) is 0 Å². The Morgan fingerprint density at radius 1 is 1.40 bits per heavy atom. The zero-order valence-corrected chi connectivity index (χ0v) is 10.0. The summed E-state index contributed by atoms with van der Waals surface area (Å²) >= 11 is 0. The minimum Gasteiger partial charge on any atom is -0.338 e. The lowest BCUT2D eigenvalue weighted by Gasteiger charge is -2.22. The van der Waals surface area contributed by atoms with E-state index >= 15 is 0 Å². The maximum Gasteiger partial charge on any atom is 0.224 e. The molecule has 86 valence electrons. The fourth-order valence-electron chi connectivity index (χ4n) is 2.06. The molecule has 0 aromatic rings. The predicted octanol–water partition coefficient (Wildman–Crippen LogP) is 1.39. The quantitative estimate of drug-likeness (QED) is 0.763. The van der Waals surface area contributed by atoms with Gasteiger partial charge in [0.05, 0.1) is 0 Å². The summed E-state index contributed by atoms with van der Waals surface area (Å²) in [4.78, 5) is 13.7. The summed E-state index contributed by atoms with van der Waals surface area (Å²) in [5, 5.41) is 3.50. The Bertz CT molecular complexity index is 253. The van der Waals surface area contributed by atoms with Gasteiger partial charge in [-0.1, -0.05) is 20.8 Å². The lowest BCUT2D eigenvalue weighted by atomic mass is 9.96.